The van der Waals surface area contributed by atoms with Crippen LogP contribution in [0.15, 0.2) is 24.3 Å². The van der Waals surface area contributed by atoms with E-state index in [2.05, 4.69) is 29.2 Å². The van der Waals surface area contributed by atoms with Crippen LogP contribution in [-0.4, -0.2) is 12.6 Å². The lowest BCUT2D eigenvalue weighted by Crippen LogP contribution is -2.28. The third kappa shape index (κ3) is 1.23. The van der Waals surface area contributed by atoms with E-state index in [-0.39, 0.29) is 0 Å². The first-order valence-electron chi connectivity index (χ1n) is 5.80. The number of aryl methyl sites for hydroxylation is 1. The molecule has 2 aliphatic rings. The molecule has 1 heteroatoms. The van der Waals surface area contributed by atoms with Crippen molar-refractivity contribution in [2.45, 2.75) is 38.1 Å². The van der Waals surface area contributed by atoms with Crippen LogP contribution in [0.5, 0.6) is 0 Å². The summed E-state index contributed by atoms with van der Waals surface area (Å²) in [5, 5.41) is 0. The predicted molar refractivity (Wildman–Crippen MR) is 59.7 cm³/mol. The molecule has 0 amide bonds. The highest BCUT2D eigenvalue weighted by atomic mass is 15.2. The topological polar surface area (TPSA) is 3.24 Å². The Morgan fingerprint density at radius 2 is 1.93 bits per heavy atom. The van der Waals surface area contributed by atoms with Gasteiger partial charge in [-0.2, -0.15) is 0 Å². The van der Waals surface area contributed by atoms with Gasteiger partial charge < -0.3 is 4.90 Å². The Kier molecular flexibility index (Phi) is 1.97. The van der Waals surface area contributed by atoms with Crippen LogP contribution in [0.3, 0.4) is 0 Å². The summed E-state index contributed by atoms with van der Waals surface area (Å²) in [6.07, 6.45) is 6.85. The summed E-state index contributed by atoms with van der Waals surface area (Å²) in [5.74, 6) is 0. The number of anilines is 1. The van der Waals surface area contributed by atoms with Crippen LogP contribution in [0.25, 0.3) is 0 Å². The maximum absolute atomic E-state index is 2.64. The highest BCUT2D eigenvalue weighted by Crippen LogP contribution is 2.34. The minimum Gasteiger partial charge on any atom is -0.368 e. The van der Waals surface area contributed by atoms with Gasteiger partial charge in [0.1, 0.15) is 0 Å². The van der Waals surface area contributed by atoms with Crippen molar-refractivity contribution in [3.8, 4) is 0 Å². The summed E-state index contributed by atoms with van der Waals surface area (Å²) in [4.78, 5) is 2.64. The van der Waals surface area contributed by atoms with Gasteiger partial charge >= 0.3 is 0 Å². The van der Waals surface area contributed by atoms with Crippen molar-refractivity contribution in [3.63, 3.8) is 0 Å². The zero-order valence-corrected chi connectivity index (χ0v) is 8.58. The van der Waals surface area contributed by atoms with Crippen LogP contribution in [0, 0.1) is 0 Å². The summed E-state index contributed by atoms with van der Waals surface area (Å²) in [7, 11) is 0. The number of benzene rings is 1. The summed E-state index contributed by atoms with van der Waals surface area (Å²) in [6.45, 7) is 1.28. The zero-order valence-electron chi connectivity index (χ0n) is 8.58. The van der Waals surface area contributed by atoms with Gasteiger partial charge in [0.15, 0.2) is 0 Å². The molecule has 1 aromatic carbocycles. The van der Waals surface area contributed by atoms with Gasteiger partial charge in [-0.05, 0) is 43.7 Å². The molecule has 2 heterocycles. The average Bonchev–Trinajstić information content (AvgIpc) is 2.61. The summed E-state index contributed by atoms with van der Waals surface area (Å²) >= 11 is 0. The van der Waals surface area contributed by atoms with Gasteiger partial charge in [0.25, 0.3) is 0 Å². The van der Waals surface area contributed by atoms with E-state index in [0.717, 1.165) is 6.04 Å². The molecule has 74 valence electrons. The second-order valence-corrected chi connectivity index (χ2v) is 4.51. The van der Waals surface area contributed by atoms with E-state index in [0.29, 0.717) is 0 Å². The van der Waals surface area contributed by atoms with Gasteiger partial charge in [-0.25, -0.2) is 0 Å². The van der Waals surface area contributed by atoms with Gasteiger partial charge in [0.05, 0.1) is 0 Å². The normalized spacial score (nSPS) is 25.4. The van der Waals surface area contributed by atoms with Crippen LogP contribution >= 0.6 is 0 Å². The van der Waals surface area contributed by atoms with Crippen LogP contribution in [0.2, 0.25) is 0 Å². The van der Waals surface area contributed by atoms with Crippen molar-refractivity contribution in [1.82, 2.24) is 0 Å². The van der Waals surface area contributed by atoms with Crippen molar-refractivity contribution in [3.05, 3.63) is 29.8 Å². The van der Waals surface area contributed by atoms with E-state index in [9.17, 15) is 0 Å². The van der Waals surface area contributed by atoms with E-state index in [1.807, 2.05) is 0 Å². The average molecular weight is 187 g/mol. The minimum absolute atomic E-state index is 0.846. The highest BCUT2D eigenvalue weighted by Gasteiger charge is 2.27. The molecule has 0 spiro atoms. The van der Waals surface area contributed by atoms with Crippen LogP contribution in [0.4, 0.5) is 5.69 Å². The van der Waals surface area contributed by atoms with Crippen molar-refractivity contribution >= 4 is 5.69 Å². The number of nitrogens with zero attached hydrogens (tertiary/aromatic N) is 1. The standard InChI is InChI=1S/C13H17N/c1-2-9-13-11(5-1)6-3-7-12-8-4-10-14(12)13/h1-2,5,9,12H,3-4,6-8,10H2. The summed E-state index contributed by atoms with van der Waals surface area (Å²) in [5.41, 5.74) is 3.09. The summed E-state index contributed by atoms with van der Waals surface area (Å²) in [6, 6.07) is 9.81. The third-order valence-electron chi connectivity index (χ3n) is 3.66. The molecule has 0 bridgehead atoms. The van der Waals surface area contributed by atoms with E-state index >= 15 is 0 Å². The SMILES string of the molecule is c1ccc2c(c1)CCCC1CCCN21. The number of hydrogen-bond acceptors (Lipinski definition) is 1. The first-order valence-corrected chi connectivity index (χ1v) is 5.80. The molecule has 1 nitrogen and oxygen atoms in total. The third-order valence-corrected chi connectivity index (χ3v) is 3.66. The van der Waals surface area contributed by atoms with Crippen molar-refractivity contribution < 1.29 is 0 Å². The molecule has 1 atom stereocenters. The molecule has 14 heavy (non-hydrogen) atoms. The Labute approximate surface area is 85.7 Å². The van der Waals surface area contributed by atoms with Gasteiger partial charge in [-0.3, -0.25) is 0 Å². The van der Waals surface area contributed by atoms with E-state index in [4.69, 9.17) is 0 Å². The smallest absolute Gasteiger partial charge is 0.0401 e. The molecular weight excluding hydrogens is 170 g/mol. The van der Waals surface area contributed by atoms with Crippen molar-refractivity contribution in [2.24, 2.45) is 0 Å². The molecular formula is C13H17N. The molecule has 0 saturated carbocycles. The zero-order chi connectivity index (χ0) is 9.38. The quantitative estimate of drug-likeness (QED) is 0.603. The molecule has 1 unspecified atom stereocenters. The maximum atomic E-state index is 2.64. The molecule has 1 saturated heterocycles. The van der Waals surface area contributed by atoms with E-state index in [1.165, 1.54) is 44.3 Å². The van der Waals surface area contributed by atoms with Gasteiger partial charge in [-0.1, -0.05) is 18.2 Å². The van der Waals surface area contributed by atoms with Crippen LogP contribution in [-0.2, 0) is 6.42 Å². The second kappa shape index (κ2) is 3.30. The second-order valence-electron chi connectivity index (χ2n) is 4.51. The summed E-state index contributed by atoms with van der Waals surface area (Å²) < 4.78 is 0. The van der Waals surface area contributed by atoms with Gasteiger partial charge in [0.2, 0.25) is 0 Å². The number of fused-ring (bicyclic) bond motifs is 3. The number of rotatable bonds is 0. The predicted octanol–water partition coefficient (Wildman–Crippen LogP) is 2.99. The molecule has 0 aromatic heterocycles. The molecule has 0 aliphatic carbocycles. The Morgan fingerprint density at radius 3 is 2.93 bits per heavy atom. The fourth-order valence-electron chi connectivity index (χ4n) is 2.98. The Balaban J connectivity index is 2.04. The minimum atomic E-state index is 0.846. The number of para-hydroxylation sites is 1. The van der Waals surface area contributed by atoms with Crippen LogP contribution < -0.4 is 4.90 Å². The molecule has 0 radical (unpaired) electrons. The Hall–Kier alpha value is -0.980. The fourth-order valence-corrected chi connectivity index (χ4v) is 2.98. The molecule has 1 aromatic rings. The molecule has 0 N–H and O–H groups in total. The van der Waals surface area contributed by atoms with E-state index in [1.54, 1.807) is 5.56 Å². The maximum Gasteiger partial charge on any atom is 0.0401 e. The molecule has 2 aliphatic heterocycles. The van der Waals surface area contributed by atoms with Gasteiger partial charge in [-0.15, -0.1) is 0 Å². The lowest BCUT2D eigenvalue weighted by atomic mass is 10.1. The van der Waals surface area contributed by atoms with Crippen molar-refractivity contribution in [2.75, 3.05) is 11.4 Å². The van der Waals surface area contributed by atoms with E-state index < -0.39 is 0 Å². The monoisotopic (exact) mass is 187 g/mol. The highest BCUT2D eigenvalue weighted by molar-refractivity contribution is 5.56. The lowest BCUT2D eigenvalue weighted by molar-refractivity contribution is 0.597. The largest absolute Gasteiger partial charge is 0.368 e. The molecule has 1 fully saturated rings. The molecule has 3 rings (SSSR count). The van der Waals surface area contributed by atoms with Crippen molar-refractivity contribution in [1.29, 1.82) is 0 Å². The Bertz CT molecular complexity index is 332. The first kappa shape index (κ1) is 8.34. The first-order chi connectivity index (χ1) is 6.95. The Morgan fingerprint density at radius 1 is 1.07 bits per heavy atom. The van der Waals surface area contributed by atoms with Gasteiger partial charge in [0, 0.05) is 18.3 Å². The lowest BCUT2D eigenvalue weighted by Gasteiger charge is -2.25. The van der Waals surface area contributed by atoms with Crippen LogP contribution in [0.1, 0.15) is 31.2 Å². The number of hydrogen-bond donors (Lipinski definition) is 0. The fraction of sp³-hybridized carbons (Fsp3) is 0.538.